The van der Waals surface area contributed by atoms with Gasteiger partial charge in [0.25, 0.3) is 5.91 Å². The van der Waals surface area contributed by atoms with E-state index in [1.54, 1.807) is 4.90 Å². The number of carbonyl (C=O) groups is 3. The smallest absolute Gasteiger partial charge is 0.325 e. The van der Waals surface area contributed by atoms with Gasteiger partial charge in [0.2, 0.25) is 5.91 Å². The zero-order chi connectivity index (χ0) is 23.3. The van der Waals surface area contributed by atoms with E-state index in [2.05, 4.69) is 5.32 Å². The number of hydrogen-bond donors (Lipinski definition) is 1. The summed E-state index contributed by atoms with van der Waals surface area (Å²) in [5, 5.41) is 2.93. The Morgan fingerprint density at radius 3 is 2.76 bits per heavy atom. The van der Waals surface area contributed by atoms with Gasteiger partial charge in [0.05, 0.1) is 6.04 Å². The fourth-order valence-electron chi connectivity index (χ4n) is 5.86. The van der Waals surface area contributed by atoms with Crippen LogP contribution in [0.1, 0.15) is 48.4 Å². The summed E-state index contributed by atoms with van der Waals surface area (Å²) in [5.41, 5.74) is 1.84. The van der Waals surface area contributed by atoms with Crippen LogP contribution in [0.5, 0.6) is 11.5 Å². The van der Waals surface area contributed by atoms with Crippen LogP contribution in [0.3, 0.4) is 0 Å². The summed E-state index contributed by atoms with van der Waals surface area (Å²) in [4.78, 5) is 42.7. The molecule has 34 heavy (non-hydrogen) atoms. The Kier molecular flexibility index (Phi) is 4.97. The van der Waals surface area contributed by atoms with Gasteiger partial charge >= 0.3 is 6.03 Å². The van der Waals surface area contributed by atoms with Crippen LogP contribution in [-0.2, 0) is 21.5 Å². The zero-order valence-corrected chi connectivity index (χ0v) is 18.9. The Balaban J connectivity index is 1.22. The first kappa shape index (κ1) is 21.0. The fraction of sp³-hybridized carbons (Fsp3) is 0.423. The highest BCUT2D eigenvalue weighted by Gasteiger charge is 2.54. The van der Waals surface area contributed by atoms with Crippen molar-refractivity contribution in [1.82, 2.24) is 15.1 Å². The van der Waals surface area contributed by atoms with Crippen LogP contribution in [-0.4, -0.2) is 53.9 Å². The molecule has 4 aliphatic rings. The van der Waals surface area contributed by atoms with Gasteiger partial charge in [-0.25, -0.2) is 4.79 Å². The summed E-state index contributed by atoms with van der Waals surface area (Å²) >= 11 is 0. The summed E-state index contributed by atoms with van der Waals surface area (Å²) in [6.07, 6.45) is 3.92. The first-order valence-corrected chi connectivity index (χ1v) is 12.0. The third-order valence-corrected chi connectivity index (χ3v) is 7.47. The minimum Gasteiger partial charge on any atom is -0.486 e. The van der Waals surface area contributed by atoms with Gasteiger partial charge < -0.3 is 19.7 Å². The van der Waals surface area contributed by atoms with Gasteiger partial charge in [-0.05, 0) is 60.9 Å². The Morgan fingerprint density at radius 1 is 1.06 bits per heavy atom. The molecule has 6 rings (SSSR count). The van der Waals surface area contributed by atoms with Crippen LogP contribution in [0, 0.1) is 0 Å². The molecule has 3 aliphatic heterocycles. The van der Waals surface area contributed by atoms with E-state index < -0.39 is 11.6 Å². The van der Waals surface area contributed by atoms with Gasteiger partial charge in [-0.2, -0.15) is 0 Å². The lowest BCUT2D eigenvalue weighted by Crippen LogP contribution is -2.47. The summed E-state index contributed by atoms with van der Waals surface area (Å²) in [6.45, 7) is 1.37. The molecule has 2 aromatic rings. The zero-order valence-electron chi connectivity index (χ0n) is 18.9. The molecule has 0 aromatic heterocycles. The summed E-state index contributed by atoms with van der Waals surface area (Å²) in [7, 11) is 0. The number of imide groups is 1. The molecule has 0 unspecified atom stereocenters. The molecular weight excluding hydrogens is 434 g/mol. The molecule has 1 spiro atoms. The SMILES string of the molecule is O=C1N[C@]2(CCCc3ccccc32)C(=O)N1CC(=O)N1CCC[C@H]1c1ccc2c(c1)OCCO2. The lowest BCUT2D eigenvalue weighted by Gasteiger charge is -2.33. The molecular formula is C26H27N3O5. The highest BCUT2D eigenvalue weighted by molar-refractivity contribution is 6.09. The Hall–Kier alpha value is -3.55. The van der Waals surface area contributed by atoms with E-state index in [0.29, 0.717) is 37.7 Å². The van der Waals surface area contributed by atoms with Crippen molar-refractivity contribution in [1.29, 1.82) is 0 Å². The topological polar surface area (TPSA) is 88.2 Å². The first-order valence-electron chi connectivity index (χ1n) is 12.0. The number of nitrogens with one attached hydrogen (secondary N) is 1. The molecule has 4 amide bonds. The van der Waals surface area contributed by atoms with Crippen LogP contribution in [0.15, 0.2) is 42.5 Å². The van der Waals surface area contributed by atoms with E-state index in [9.17, 15) is 14.4 Å². The molecule has 0 bridgehead atoms. The molecule has 2 atom stereocenters. The molecule has 0 saturated carbocycles. The molecule has 2 fully saturated rings. The molecule has 0 radical (unpaired) electrons. The van der Waals surface area contributed by atoms with Crippen molar-refractivity contribution in [2.24, 2.45) is 0 Å². The predicted octanol–water partition coefficient (Wildman–Crippen LogP) is 2.90. The van der Waals surface area contributed by atoms with E-state index in [1.807, 2.05) is 42.5 Å². The molecule has 1 aliphatic carbocycles. The fourth-order valence-corrected chi connectivity index (χ4v) is 5.86. The second-order valence-electron chi connectivity index (χ2n) is 9.39. The van der Waals surface area contributed by atoms with Gasteiger partial charge in [0, 0.05) is 6.54 Å². The van der Waals surface area contributed by atoms with E-state index >= 15 is 0 Å². The number of urea groups is 1. The van der Waals surface area contributed by atoms with Gasteiger partial charge in [-0.3, -0.25) is 14.5 Å². The third kappa shape index (κ3) is 3.23. The van der Waals surface area contributed by atoms with Crippen molar-refractivity contribution in [3.05, 3.63) is 59.2 Å². The minimum atomic E-state index is -1.06. The van der Waals surface area contributed by atoms with Crippen LogP contribution in [0.2, 0.25) is 0 Å². The van der Waals surface area contributed by atoms with Crippen molar-refractivity contribution in [2.75, 3.05) is 26.3 Å². The highest BCUT2D eigenvalue weighted by Crippen LogP contribution is 2.41. The number of benzene rings is 2. The van der Waals surface area contributed by atoms with Crippen molar-refractivity contribution in [3.63, 3.8) is 0 Å². The molecule has 2 aromatic carbocycles. The minimum absolute atomic E-state index is 0.117. The number of amides is 4. The van der Waals surface area contributed by atoms with Crippen molar-refractivity contribution < 1.29 is 23.9 Å². The third-order valence-electron chi connectivity index (χ3n) is 7.47. The van der Waals surface area contributed by atoms with Crippen molar-refractivity contribution >= 4 is 17.8 Å². The normalized spacial score (nSPS) is 25.5. The molecule has 176 valence electrons. The Labute approximate surface area is 197 Å². The summed E-state index contributed by atoms with van der Waals surface area (Å²) in [5.74, 6) is 0.855. The Morgan fingerprint density at radius 2 is 1.88 bits per heavy atom. The number of nitrogens with zero attached hydrogens (tertiary/aromatic N) is 2. The highest BCUT2D eigenvalue weighted by atomic mass is 16.6. The maximum atomic E-state index is 13.6. The quantitative estimate of drug-likeness (QED) is 0.711. The van der Waals surface area contributed by atoms with Gasteiger partial charge in [-0.1, -0.05) is 30.3 Å². The second-order valence-corrected chi connectivity index (χ2v) is 9.39. The monoisotopic (exact) mass is 461 g/mol. The van der Waals surface area contributed by atoms with Gasteiger partial charge in [-0.15, -0.1) is 0 Å². The number of rotatable bonds is 3. The lowest BCUT2D eigenvalue weighted by molar-refractivity contribution is -0.140. The largest absolute Gasteiger partial charge is 0.486 e. The average Bonchev–Trinajstić information content (AvgIpc) is 3.44. The predicted molar refractivity (Wildman–Crippen MR) is 122 cm³/mol. The number of aryl methyl sites for hydroxylation is 1. The number of hydrogen-bond acceptors (Lipinski definition) is 5. The van der Waals surface area contributed by atoms with E-state index in [1.165, 1.54) is 0 Å². The molecule has 8 nitrogen and oxygen atoms in total. The molecule has 3 heterocycles. The van der Waals surface area contributed by atoms with Crippen LogP contribution in [0.4, 0.5) is 4.79 Å². The van der Waals surface area contributed by atoms with E-state index in [4.69, 9.17) is 9.47 Å². The first-order chi connectivity index (χ1) is 16.6. The Bertz CT molecular complexity index is 1180. The molecule has 1 N–H and O–H groups in total. The van der Waals surface area contributed by atoms with Crippen molar-refractivity contribution in [2.45, 2.75) is 43.7 Å². The maximum Gasteiger partial charge on any atom is 0.325 e. The van der Waals surface area contributed by atoms with Crippen LogP contribution >= 0.6 is 0 Å². The van der Waals surface area contributed by atoms with Crippen molar-refractivity contribution in [3.8, 4) is 11.5 Å². The van der Waals surface area contributed by atoms with E-state index in [0.717, 1.165) is 47.3 Å². The van der Waals surface area contributed by atoms with Crippen LogP contribution in [0.25, 0.3) is 0 Å². The number of ether oxygens (including phenoxy) is 2. The summed E-state index contributed by atoms with van der Waals surface area (Å²) < 4.78 is 11.3. The summed E-state index contributed by atoms with van der Waals surface area (Å²) in [6, 6.07) is 12.9. The number of likely N-dealkylation sites (tertiary alicyclic amines) is 1. The average molecular weight is 462 g/mol. The number of fused-ring (bicyclic) bond motifs is 3. The maximum absolute atomic E-state index is 13.6. The van der Waals surface area contributed by atoms with E-state index in [-0.39, 0.29) is 24.4 Å². The second kappa shape index (κ2) is 8.04. The lowest BCUT2D eigenvalue weighted by atomic mass is 9.76. The molecule has 8 heteroatoms. The van der Waals surface area contributed by atoms with Gasteiger partial charge in [0.1, 0.15) is 25.3 Å². The molecule has 2 saturated heterocycles. The van der Waals surface area contributed by atoms with Gasteiger partial charge in [0.15, 0.2) is 11.5 Å². The standard InChI is InChI=1S/C26H27N3O5/c30-23(28-12-4-8-20(28)18-9-10-21-22(15-18)34-14-13-33-21)16-29-24(31)26(27-25(29)32)11-3-6-17-5-1-2-7-19(17)26/h1-2,5,7,9-10,15,20H,3-4,6,8,11-14,16H2,(H,27,32)/t20-,26-/m0/s1. The van der Waals surface area contributed by atoms with Crippen LogP contribution < -0.4 is 14.8 Å². The number of carbonyl (C=O) groups excluding carboxylic acids is 3.